The Bertz CT molecular complexity index is 1660. The maximum absolute atomic E-state index is 13.7. The highest BCUT2D eigenvalue weighted by molar-refractivity contribution is 7.85. The summed E-state index contributed by atoms with van der Waals surface area (Å²) in [5, 5.41) is 14.1. The van der Waals surface area contributed by atoms with Crippen LogP contribution in [0.5, 0.6) is 0 Å². The molecule has 1 atom stereocenters. The molecule has 0 aliphatic carbocycles. The van der Waals surface area contributed by atoms with Gasteiger partial charge in [-0.05, 0) is 54.1 Å². The molecule has 0 spiro atoms. The molecule has 11 heteroatoms. The highest BCUT2D eigenvalue weighted by Crippen LogP contribution is 2.36. The van der Waals surface area contributed by atoms with Crippen molar-refractivity contribution in [2.75, 3.05) is 10.2 Å². The number of amides is 2. The number of nitrogens with one attached hydrogen (secondary N) is 1. The first-order valence-electron chi connectivity index (χ1n) is 11.2. The topological polar surface area (TPSA) is 110 Å². The predicted octanol–water partition coefficient (Wildman–Crippen LogP) is 6.48. The quantitative estimate of drug-likeness (QED) is 0.220. The molecule has 1 N–H and O–H groups in total. The van der Waals surface area contributed by atoms with E-state index in [0.29, 0.717) is 26.1 Å². The molecule has 0 fully saturated rings. The molecule has 4 aromatic rings. The summed E-state index contributed by atoms with van der Waals surface area (Å²) in [5.41, 5.74) is 1.49. The molecule has 1 heterocycles. The monoisotopic (exact) mass is 565 g/mol. The van der Waals surface area contributed by atoms with Crippen LogP contribution in [0.15, 0.2) is 94.7 Å². The van der Waals surface area contributed by atoms with E-state index in [1.54, 1.807) is 48.5 Å². The summed E-state index contributed by atoms with van der Waals surface area (Å²) in [6.07, 6.45) is 0. The van der Waals surface area contributed by atoms with Gasteiger partial charge >= 0.3 is 0 Å². The van der Waals surface area contributed by atoms with Crippen LogP contribution in [0.25, 0.3) is 0 Å². The van der Waals surface area contributed by atoms with Gasteiger partial charge in [-0.15, -0.1) is 0 Å². The number of hydrogen-bond donors (Lipinski definition) is 1. The molecule has 0 radical (unpaired) electrons. The second kappa shape index (κ2) is 10.4. The standard InChI is InChI=1S/C27H17Cl2N3O5S/c28-18-5-3-4-16(12-18)15-31-23-13-17(26(33)30-22-10-9-19(32(35)36)14-21(22)29)8-11-25(23)38(37)24-7-2-1-6-20(24)27(31)34/h1-14H,15H2,(H,30,33)/t38-/m1/s1. The van der Waals surface area contributed by atoms with Gasteiger partial charge in [-0.1, -0.05) is 47.5 Å². The molecule has 0 aromatic heterocycles. The number of benzene rings is 4. The van der Waals surface area contributed by atoms with Crippen LogP contribution in [-0.4, -0.2) is 20.9 Å². The molecule has 1 aliphatic heterocycles. The van der Waals surface area contributed by atoms with Gasteiger partial charge in [0.05, 0.1) is 54.0 Å². The van der Waals surface area contributed by atoms with Gasteiger partial charge in [-0.3, -0.25) is 19.7 Å². The molecule has 1 aliphatic rings. The fourth-order valence-corrected chi connectivity index (χ4v) is 5.87. The highest BCUT2D eigenvalue weighted by Gasteiger charge is 2.31. The Labute approximate surface area is 229 Å². The lowest BCUT2D eigenvalue weighted by molar-refractivity contribution is -0.384. The van der Waals surface area contributed by atoms with Crippen LogP contribution in [0.3, 0.4) is 0 Å². The maximum Gasteiger partial charge on any atom is 0.271 e. The van der Waals surface area contributed by atoms with Gasteiger partial charge in [0.1, 0.15) is 0 Å². The van der Waals surface area contributed by atoms with Crippen molar-refractivity contribution >= 4 is 62.9 Å². The van der Waals surface area contributed by atoms with Gasteiger partial charge in [0, 0.05) is 22.7 Å². The van der Waals surface area contributed by atoms with Gasteiger partial charge in [-0.25, -0.2) is 4.21 Å². The van der Waals surface area contributed by atoms with Gasteiger partial charge in [-0.2, -0.15) is 0 Å². The summed E-state index contributed by atoms with van der Waals surface area (Å²) < 4.78 is 13.6. The molecule has 0 saturated heterocycles. The Morgan fingerprint density at radius 1 is 0.947 bits per heavy atom. The van der Waals surface area contributed by atoms with Crippen molar-refractivity contribution < 1.29 is 18.7 Å². The molecule has 0 saturated carbocycles. The lowest BCUT2D eigenvalue weighted by Crippen LogP contribution is -2.30. The minimum Gasteiger partial charge on any atom is -0.321 e. The zero-order chi connectivity index (χ0) is 27.0. The van der Waals surface area contributed by atoms with E-state index in [0.717, 1.165) is 11.6 Å². The molecule has 0 unspecified atom stereocenters. The summed E-state index contributed by atoms with van der Waals surface area (Å²) in [7, 11) is -1.69. The normalized spacial score (nSPS) is 14.3. The van der Waals surface area contributed by atoms with E-state index in [2.05, 4.69) is 5.32 Å². The third-order valence-corrected chi connectivity index (χ3v) is 7.96. The second-order valence-corrected chi connectivity index (χ2v) is 10.6. The largest absolute Gasteiger partial charge is 0.321 e. The van der Waals surface area contributed by atoms with E-state index in [1.165, 1.54) is 29.2 Å². The van der Waals surface area contributed by atoms with Crippen molar-refractivity contribution in [3.05, 3.63) is 122 Å². The number of nitro groups is 1. The first-order valence-corrected chi connectivity index (χ1v) is 13.1. The van der Waals surface area contributed by atoms with Crippen LogP contribution in [0.2, 0.25) is 10.0 Å². The highest BCUT2D eigenvalue weighted by atomic mass is 35.5. The average molecular weight is 566 g/mol. The van der Waals surface area contributed by atoms with Crippen molar-refractivity contribution in [3.63, 3.8) is 0 Å². The van der Waals surface area contributed by atoms with E-state index >= 15 is 0 Å². The Balaban J connectivity index is 1.56. The fourth-order valence-electron chi connectivity index (χ4n) is 4.09. The van der Waals surface area contributed by atoms with Crippen molar-refractivity contribution in [2.24, 2.45) is 0 Å². The number of carbonyl (C=O) groups is 2. The van der Waals surface area contributed by atoms with E-state index in [4.69, 9.17) is 23.2 Å². The molecule has 4 aromatic carbocycles. The summed E-state index contributed by atoms with van der Waals surface area (Å²) >= 11 is 12.3. The summed E-state index contributed by atoms with van der Waals surface area (Å²) in [6, 6.07) is 22.0. The summed E-state index contributed by atoms with van der Waals surface area (Å²) in [5.74, 6) is -0.935. The summed E-state index contributed by atoms with van der Waals surface area (Å²) in [6.45, 7) is 0.122. The molecular formula is C27H17Cl2N3O5S. The second-order valence-electron chi connectivity index (χ2n) is 8.34. The van der Waals surface area contributed by atoms with E-state index in [-0.39, 0.29) is 34.4 Å². The van der Waals surface area contributed by atoms with Crippen LogP contribution >= 0.6 is 23.2 Å². The van der Waals surface area contributed by atoms with Crippen LogP contribution in [-0.2, 0) is 17.3 Å². The Kier molecular flexibility index (Phi) is 6.98. The Morgan fingerprint density at radius 2 is 1.74 bits per heavy atom. The van der Waals surface area contributed by atoms with Gasteiger partial charge in [0.15, 0.2) is 0 Å². The van der Waals surface area contributed by atoms with Gasteiger partial charge in [0.25, 0.3) is 17.5 Å². The molecule has 2 amide bonds. The fraction of sp³-hybridized carbons (Fsp3) is 0.0370. The number of nitro benzene ring substituents is 1. The lowest BCUT2D eigenvalue weighted by atomic mass is 10.1. The summed E-state index contributed by atoms with van der Waals surface area (Å²) in [4.78, 5) is 39.5. The maximum atomic E-state index is 13.7. The molecule has 8 nitrogen and oxygen atoms in total. The molecule has 190 valence electrons. The SMILES string of the molecule is O=C(Nc1ccc([N+](=O)[O-])cc1Cl)c1ccc2c(c1)N(Cc1cccc(Cl)c1)C(=O)c1ccccc1[S@]2=O. The van der Waals surface area contributed by atoms with Crippen molar-refractivity contribution in [2.45, 2.75) is 16.3 Å². The zero-order valence-corrected chi connectivity index (χ0v) is 21.7. The van der Waals surface area contributed by atoms with Crippen LogP contribution in [0.1, 0.15) is 26.3 Å². The number of fused-ring (bicyclic) bond motifs is 2. The Hall–Kier alpha value is -4.05. The smallest absolute Gasteiger partial charge is 0.271 e. The van der Waals surface area contributed by atoms with Crippen molar-refractivity contribution in [1.29, 1.82) is 0 Å². The van der Waals surface area contributed by atoms with E-state index < -0.39 is 21.6 Å². The number of anilines is 2. The third-order valence-electron chi connectivity index (χ3n) is 5.92. The number of halogens is 2. The van der Waals surface area contributed by atoms with Crippen LogP contribution < -0.4 is 10.2 Å². The van der Waals surface area contributed by atoms with Crippen LogP contribution in [0.4, 0.5) is 17.1 Å². The van der Waals surface area contributed by atoms with Gasteiger partial charge in [0.2, 0.25) is 0 Å². The number of rotatable bonds is 5. The van der Waals surface area contributed by atoms with Crippen molar-refractivity contribution in [3.8, 4) is 0 Å². The first-order chi connectivity index (χ1) is 18.2. The number of hydrogen-bond acceptors (Lipinski definition) is 5. The van der Waals surface area contributed by atoms with Gasteiger partial charge < -0.3 is 10.2 Å². The number of non-ortho nitro benzene ring substituents is 1. The molecular weight excluding hydrogens is 549 g/mol. The average Bonchev–Trinajstić information content (AvgIpc) is 2.99. The third kappa shape index (κ3) is 4.91. The first kappa shape index (κ1) is 25.6. The molecule has 5 rings (SSSR count). The molecule has 0 bridgehead atoms. The number of nitrogens with zero attached hydrogens (tertiary/aromatic N) is 2. The lowest BCUT2D eigenvalue weighted by Gasteiger charge is -2.24. The van der Waals surface area contributed by atoms with Crippen LogP contribution in [0, 0.1) is 10.1 Å². The van der Waals surface area contributed by atoms with Crippen molar-refractivity contribution in [1.82, 2.24) is 0 Å². The number of carbonyl (C=O) groups excluding carboxylic acids is 2. The Morgan fingerprint density at radius 3 is 2.47 bits per heavy atom. The minimum atomic E-state index is -1.69. The van der Waals surface area contributed by atoms with E-state index in [1.807, 2.05) is 6.07 Å². The minimum absolute atomic E-state index is 0.00313. The predicted molar refractivity (Wildman–Crippen MR) is 146 cm³/mol. The zero-order valence-electron chi connectivity index (χ0n) is 19.4. The van der Waals surface area contributed by atoms with E-state index in [9.17, 15) is 23.9 Å². The molecule has 38 heavy (non-hydrogen) atoms.